The van der Waals surface area contributed by atoms with Gasteiger partial charge in [0, 0.05) is 17.6 Å². The Morgan fingerprint density at radius 3 is 2.45 bits per heavy atom. The third kappa shape index (κ3) is 3.49. The topological polar surface area (TPSA) is 88.2 Å². The zero-order valence-corrected chi connectivity index (χ0v) is 13.4. The molecule has 6 nitrogen and oxygen atoms in total. The molecule has 0 fully saturated rings. The van der Waals surface area contributed by atoms with Gasteiger partial charge in [-0.05, 0) is 50.7 Å². The van der Waals surface area contributed by atoms with E-state index in [1.807, 2.05) is 6.92 Å². The number of anilines is 1. The van der Waals surface area contributed by atoms with Gasteiger partial charge in [-0.1, -0.05) is 6.07 Å². The minimum atomic E-state index is -3.57. The van der Waals surface area contributed by atoms with Gasteiger partial charge in [0.15, 0.2) is 0 Å². The Hall–Kier alpha value is -2.25. The summed E-state index contributed by atoms with van der Waals surface area (Å²) in [6.07, 6.45) is 1.48. The van der Waals surface area contributed by atoms with Gasteiger partial charge in [-0.2, -0.15) is 0 Å². The first-order valence-electron chi connectivity index (χ1n) is 6.61. The Balaban J connectivity index is 2.29. The molecule has 0 unspecified atom stereocenters. The number of benzene rings is 1. The number of hydrogen-bond donors (Lipinski definition) is 2. The van der Waals surface area contributed by atoms with Crippen molar-refractivity contribution in [3.63, 3.8) is 0 Å². The Morgan fingerprint density at radius 1 is 1.14 bits per heavy atom. The minimum Gasteiger partial charge on any atom is -0.322 e. The van der Waals surface area contributed by atoms with Crippen molar-refractivity contribution in [2.75, 3.05) is 12.4 Å². The van der Waals surface area contributed by atoms with Gasteiger partial charge >= 0.3 is 0 Å². The second-order valence-electron chi connectivity index (χ2n) is 4.83. The van der Waals surface area contributed by atoms with Crippen LogP contribution in [-0.2, 0) is 10.0 Å². The minimum absolute atomic E-state index is 0.134. The van der Waals surface area contributed by atoms with Crippen LogP contribution >= 0.6 is 0 Å². The zero-order valence-electron chi connectivity index (χ0n) is 12.5. The number of rotatable bonds is 4. The van der Waals surface area contributed by atoms with E-state index in [9.17, 15) is 13.2 Å². The van der Waals surface area contributed by atoms with Crippen LogP contribution in [0.3, 0.4) is 0 Å². The van der Waals surface area contributed by atoms with E-state index in [1.54, 1.807) is 31.2 Å². The summed E-state index contributed by atoms with van der Waals surface area (Å²) in [5.41, 5.74) is 2.23. The molecule has 0 saturated heterocycles. The highest BCUT2D eigenvalue weighted by molar-refractivity contribution is 7.89. The lowest BCUT2D eigenvalue weighted by Gasteiger charge is -2.10. The van der Waals surface area contributed by atoms with Gasteiger partial charge in [0.1, 0.15) is 0 Å². The Morgan fingerprint density at radius 2 is 1.86 bits per heavy atom. The molecule has 2 aromatic rings. The molecule has 1 heterocycles. The SMILES string of the molecule is CNS(=O)(=O)c1cc(NC(=O)c2ccc(C)nc2)ccc1C. The molecule has 0 radical (unpaired) electrons. The fourth-order valence-electron chi connectivity index (χ4n) is 1.88. The number of amides is 1. The van der Waals surface area contributed by atoms with Crippen molar-refractivity contribution in [2.45, 2.75) is 18.7 Å². The molecule has 1 aromatic carbocycles. The molecule has 0 aliphatic heterocycles. The van der Waals surface area contributed by atoms with Gasteiger partial charge in [-0.15, -0.1) is 0 Å². The Labute approximate surface area is 129 Å². The second kappa shape index (κ2) is 6.25. The maximum atomic E-state index is 12.1. The number of nitrogens with zero attached hydrogens (tertiary/aromatic N) is 1. The number of aromatic nitrogens is 1. The van der Waals surface area contributed by atoms with E-state index in [-0.39, 0.29) is 10.8 Å². The first-order chi connectivity index (χ1) is 10.3. The normalized spacial score (nSPS) is 11.2. The molecule has 0 atom stereocenters. The van der Waals surface area contributed by atoms with Gasteiger partial charge < -0.3 is 5.32 Å². The lowest BCUT2D eigenvalue weighted by atomic mass is 10.2. The standard InChI is InChI=1S/C15H17N3O3S/c1-10-4-7-13(8-14(10)22(20,21)16-3)18-15(19)12-6-5-11(2)17-9-12/h4-9,16H,1-3H3,(H,18,19). The fourth-order valence-corrected chi connectivity index (χ4v) is 2.88. The van der Waals surface area contributed by atoms with E-state index in [1.165, 1.54) is 19.3 Å². The molecule has 0 aliphatic rings. The van der Waals surface area contributed by atoms with Crippen molar-refractivity contribution < 1.29 is 13.2 Å². The molecule has 7 heteroatoms. The van der Waals surface area contributed by atoms with Gasteiger partial charge in [0.2, 0.25) is 10.0 Å². The van der Waals surface area contributed by atoms with Crippen LogP contribution in [0.4, 0.5) is 5.69 Å². The molecule has 2 N–H and O–H groups in total. The summed E-state index contributed by atoms with van der Waals surface area (Å²) in [5.74, 6) is -0.343. The summed E-state index contributed by atoms with van der Waals surface area (Å²) in [7, 11) is -2.23. The lowest BCUT2D eigenvalue weighted by molar-refractivity contribution is 0.102. The van der Waals surface area contributed by atoms with E-state index < -0.39 is 10.0 Å². The largest absolute Gasteiger partial charge is 0.322 e. The van der Waals surface area contributed by atoms with E-state index in [2.05, 4.69) is 15.0 Å². The molecular weight excluding hydrogens is 302 g/mol. The molecule has 1 aromatic heterocycles. The van der Waals surface area contributed by atoms with E-state index in [0.29, 0.717) is 16.8 Å². The quantitative estimate of drug-likeness (QED) is 0.900. The number of carbonyl (C=O) groups excluding carboxylic acids is 1. The third-order valence-electron chi connectivity index (χ3n) is 3.18. The van der Waals surface area contributed by atoms with E-state index in [4.69, 9.17) is 0 Å². The molecule has 0 bridgehead atoms. The predicted molar refractivity (Wildman–Crippen MR) is 84.4 cm³/mol. The smallest absolute Gasteiger partial charge is 0.257 e. The highest BCUT2D eigenvalue weighted by atomic mass is 32.2. The number of nitrogens with one attached hydrogen (secondary N) is 2. The maximum absolute atomic E-state index is 12.1. The summed E-state index contributed by atoms with van der Waals surface area (Å²) >= 11 is 0. The highest BCUT2D eigenvalue weighted by Crippen LogP contribution is 2.20. The predicted octanol–water partition coefficient (Wildman–Crippen LogP) is 1.86. The maximum Gasteiger partial charge on any atom is 0.257 e. The van der Waals surface area contributed by atoms with Crippen LogP contribution in [0.2, 0.25) is 0 Å². The third-order valence-corrected chi connectivity index (χ3v) is 4.73. The number of hydrogen-bond acceptors (Lipinski definition) is 4. The van der Waals surface area contributed by atoms with Crippen molar-refractivity contribution in [2.24, 2.45) is 0 Å². The summed E-state index contributed by atoms with van der Waals surface area (Å²) < 4.78 is 26.1. The van der Waals surface area contributed by atoms with Gasteiger partial charge in [0.25, 0.3) is 5.91 Å². The Bertz CT molecular complexity index is 799. The average Bonchev–Trinajstić information content (AvgIpc) is 2.49. The van der Waals surface area contributed by atoms with Crippen LogP contribution in [0.25, 0.3) is 0 Å². The monoisotopic (exact) mass is 319 g/mol. The van der Waals surface area contributed by atoms with Crippen molar-refractivity contribution in [1.29, 1.82) is 0 Å². The summed E-state index contributed by atoms with van der Waals surface area (Å²) in [6.45, 7) is 3.52. The van der Waals surface area contributed by atoms with Crippen LogP contribution in [0.15, 0.2) is 41.4 Å². The summed E-state index contributed by atoms with van der Waals surface area (Å²) in [4.78, 5) is 16.3. The van der Waals surface area contributed by atoms with Gasteiger partial charge in [0.05, 0.1) is 10.5 Å². The van der Waals surface area contributed by atoms with Crippen LogP contribution in [0.5, 0.6) is 0 Å². The van der Waals surface area contributed by atoms with Gasteiger partial charge in [-0.25, -0.2) is 13.1 Å². The van der Waals surface area contributed by atoms with Gasteiger partial charge in [-0.3, -0.25) is 9.78 Å². The molecule has 0 saturated carbocycles. The second-order valence-corrected chi connectivity index (χ2v) is 6.69. The fraction of sp³-hybridized carbons (Fsp3) is 0.200. The first-order valence-corrected chi connectivity index (χ1v) is 8.10. The average molecular weight is 319 g/mol. The summed E-state index contributed by atoms with van der Waals surface area (Å²) in [6, 6.07) is 8.13. The van der Waals surface area contributed by atoms with Crippen molar-refractivity contribution in [3.05, 3.63) is 53.3 Å². The van der Waals surface area contributed by atoms with Crippen molar-refractivity contribution in [3.8, 4) is 0 Å². The molecular formula is C15H17N3O3S. The molecule has 116 valence electrons. The summed E-state index contributed by atoms with van der Waals surface area (Å²) in [5, 5.41) is 2.67. The molecule has 0 aliphatic carbocycles. The lowest BCUT2D eigenvalue weighted by Crippen LogP contribution is -2.20. The number of aryl methyl sites for hydroxylation is 2. The number of carbonyl (C=O) groups is 1. The number of pyridine rings is 1. The molecule has 0 spiro atoms. The van der Waals surface area contributed by atoms with Crippen LogP contribution < -0.4 is 10.0 Å². The molecule has 22 heavy (non-hydrogen) atoms. The van der Waals surface area contributed by atoms with Crippen molar-refractivity contribution in [1.82, 2.24) is 9.71 Å². The van der Waals surface area contributed by atoms with E-state index in [0.717, 1.165) is 5.69 Å². The highest BCUT2D eigenvalue weighted by Gasteiger charge is 2.16. The van der Waals surface area contributed by atoms with Crippen LogP contribution in [0.1, 0.15) is 21.6 Å². The van der Waals surface area contributed by atoms with Crippen molar-refractivity contribution >= 4 is 21.6 Å². The van der Waals surface area contributed by atoms with Crippen LogP contribution in [0, 0.1) is 13.8 Å². The first kappa shape index (κ1) is 16.1. The van der Waals surface area contributed by atoms with Crippen LogP contribution in [-0.4, -0.2) is 26.4 Å². The molecule has 2 rings (SSSR count). The molecule has 1 amide bonds. The zero-order chi connectivity index (χ0) is 16.3. The Kier molecular flexibility index (Phi) is 4.58. The van der Waals surface area contributed by atoms with E-state index >= 15 is 0 Å². The number of sulfonamides is 1.